The molecule has 0 aromatic heterocycles. The molecule has 136 valence electrons. The molecule has 1 heterocycles. The molecule has 8 heteroatoms. The van der Waals surface area contributed by atoms with Gasteiger partial charge in [0.2, 0.25) is 0 Å². The van der Waals surface area contributed by atoms with Crippen LogP contribution in [0.15, 0.2) is 6.07 Å². The smallest absolute Gasteiger partial charge is 0.423 e. The Morgan fingerprint density at radius 3 is 2.19 bits per heavy atom. The molecule has 4 rings (SSSR count). The second kappa shape index (κ2) is 8.59. The third kappa shape index (κ3) is 4.21. The van der Waals surface area contributed by atoms with Crippen LogP contribution >= 0.6 is 0 Å². The molecule has 1 aromatic rings. The minimum atomic E-state index is -3.76. The molecule has 1 aromatic carbocycles. The molecule has 2 amide bonds. The summed E-state index contributed by atoms with van der Waals surface area (Å²) in [6, 6.07) is 1.54. The summed E-state index contributed by atoms with van der Waals surface area (Å²) in [6.45, 7) is 1.31. The number of nitrogens with one attached hydrogen (secondary N) is 2. The Bertz CT molecular complexity index is 772. The summed E-state index contributed by atoms with van der Waals surface area (Å²) in [5.41, 5.74) is 5.82. The Morgan fingerprint density at radius 2 is 1.62 bits per heavy atom. The van der Waals surface area contributed by atoms with Crippen molar-refractivity contribution in [3.05, 3.63) is 33.0 Å². The van der Waals surface area contributed by atoms with Crippen molar-refractivity contribution < 1.29 is 64.6 Å². The molecule has 0 spiro atoms. The number of aryl methyl sites for hydroxylation is 2. The van der Waals surface area contributed by atoms with Gasteiger partial charge in [0.05, 0.1) is 5.25 Å². The molecule has 26 heavy (non-hydrogen) atoms. The van der Waals surface area contributed by atoms with Crippen LogP contribution < -0.4 is 62.0 Å². The number of sulfonamides is 1. The quantitative estimate of drug-likeness (QED) is 0.678. The number of carbonyl (C=O) groups excluding carboxylic acids is 1. The number of anilines is 1. The van der Waals surface area contributed by atoms with Gasteiger partial charge in [0.1, 0.15) is 0 Å². The number of benzene rings is 1. The summed E-state index contributed by atoms with van der Waals surface area (Å²) in [7, 11) is -3.76. The SMILES string of the molecule is O=C([N-]S(=O)(=O)C1CCNCC1)Nc1c2c(cc3c1CCC3)CCC2.[K+]. The number of urea groups is 1. The molecule has 1 aliphatic heterocycles. The van der Waals surface area contributed by atoms with Crippen molar-refractivity contribution in [2.24, 2.45) is 0 Å². The van der Waals surface area contributed by atoms with Crippen molar-refractivity contribution >= 4 is 21.7 Å². The summed E-state index contributed by atoms with van der Waals surface area (Å²) < 4.78 is 28.4. The first kappa shape index (κ1) is 20.8. The van der Waals surface area contributed by atoms with E-state index in [-0.39, 0.29) is 51.4 Å². The zero-order valence-corrected chi connectivity index (χ0v) is 19.2. The fraction of sp³-hybridized carbons (Fsp3) is 0.611. The van der Waals surface area contributed by atoms with Crippen molar-refractivity contribution in [2.45, 2.75) is 56.6 Å². The number of amides is 2. The number of fused-ring (bicyclic) bond motifs is 2. The fourth-order valence-corrected chi connectivity index (χ4v) is 5.64. The van der Waals surface area contributed by atoms with Crippen molar-refractivity contribution in [1.29, 1.82) is 0 Å². The molecule has 0 atom stereocenters. The number of hydrogen-bond donors (Lipinski definition) is 2. The first-order valence-electron chi connectivity index (χ1n) is 9.19. The normalized spacial score (nSPS) is 19.4. The maximum absolute atomic E-state index is 12.4. The maximum atomic E-state index is 12.4. The molecular formula is C18H24KN3O3S. The number of rotatable bonds is 3. The van der Waals surface area contributed by atoms with E-state index >= 15 is 0 Å². The van der Waals surface area contributed by atoms with Gasteiger partial charge in [-0.3, -0.25) is 4.79 Å². The van der Waals surface area contributed by atoms with Crippen LogP contribution in [0.4, 0.5) is 10.5 Å². The van der Waals surface area contributed by atoms with E-state index in [0.29, 0.717) is 25.9 Å². The van der Waals surface area contributed by atoms with Gasteiger partial charge in [-0.15, -0.1) is 0 Å². The molecule has 0 unspecified atom stereocenters. The van der Waals surface area contributed by atoms with E-state index in [1.807, 2.05) is 0 Å². The molecule has 1 saturated heterocycles. The van der Waals surface area contributed by atoms with E-state index < -0.39 is 21.3 Å². The van der Waals surface area contributed by atoms with Gasteiger partial charge in [0, 0.05) is 0 Å². The Labute approximate surface area is 197 Å². The number of hydrogen-bond acceptors (Lipinski definition) is 4. The Hall–Kier alpha value is 0.0364. The summed E-state index contributed by atoms with van der Waals surface area (Å²) in [4.78, 5) is 12.4. The minimum absolute atomic E-state index is 0. The van der Waals surface area contributed by atoms with Gasteiger partial charge in [0.15, 0.2) is 16.1 Å². The average molecular weight is 402 g/mol. The largest absolute Gasteiger partial charge is 1.00 e. The molecule has 3 aliphatic rings. The number of carbonyl (C=O) groups is 1. The number of piperidine rings is 1. The first-order valence-corrected chi connectivity index (χ1v) is 10.7. The van der Waals surface area contributed by atoms with E-state index in [0.717, 1.165) is 44.2 Å². The second-order valence-corrected chi connectivity index (χ2v) is 9.10. The Kier molecular flexibility index (Phi) is 6.86. The van der Waals surface area contributed by atoms with Gasteiger partial charge in [0.25, 0.3) is 0 Å². The molecule has 2 aliphatic carbocycles. The summed E-state index contributed by atoms with van der Waals surface area (Å²) >= 11 is 0. The monoisotopic (exact) mass is 401 g/mol. The van der Waals surface area contributed by atoms with Crippen LogP contribution in [0.5, 0.6) is 0 Å². The van der Waals surface area contributed by atoms with E-state index in [2.05, 4.69) is 21.4 Å². The first-order chi connectivity index (χ1) is 12.0. The molecule has 0 radical (unpaired) electrons. The van der Waals surface area contributed by atoms with Gasteiger partial charge in [-0.1, -0.05) is 6.07 Å². The average Bonchev–Trinajstić information content (AvgIpc) is 3.24. The third-order valence-corrected chi connectivity index (χ3v) is 7.36. The molecule has 6 nitrogen and oxygen atoms in total. The molecule has 0 saturated carbocycles. The molecule has 1 fully saturated rings. The second-order valence-electron chi connectivity index (χ2n) is 7.22. The van der Waals surface area contributed by atoms with Crippen LogP contribution in [0.25, 0.3) is 4.72 Å². The van der Waals surface area contributed by atoms with E-state index in [4.69, 9.17) is 0 Å². The van der Waals surface area contributed by atoms with E-state index in [1.54, 1.807) is 0 Å². The maximum Gasteiger partial charge on any atom is 1.00 e. The molecular weight excluding hydrogens is 377 g/mol. The van der Waals surface area contributed by atoms with Crippen molar-refractivity contribution in [2.75, 3.05) is 18.4 Å². The van der Waals surface area contributed by atoms with E-state index in [9.17, 15) is 13.2 Å². The number of nitrogens with zero attached hydrogens (tertiary/aromatic N) is 1. The predicted octanol–water partition coefficient (Wildman–Crippen LogP) is -0.345. The summed E-state index contributed by atoms with van der Waals surface area (Å²) in [5, 5.41) is 5.42. The summed E-state index contributed by atoms with van der Waals surface area (Å²) in [5.74, 6) is 0. The Morgan fingerprint density at radius 1 is 1.04 bits per heavy atom. The van der Waals surface area contributed by atoms with Crippen LogP contribution in [-0.2, 0) is 35.7 Å². The van der Waals surface area contributed by atoms with Crippen LogP contribution in [-0.4, -0.2) is 32.8 Å². The fourth-order valence-electron chi connectivity index (χ4n) is 4.38. The minimum Gasteiger partial charge on any atom is -0.423 e. The predicted molar refractivity (Wildman–Crippen MR) is 97.7 cm³/mol. The van der Waals surface area contributed by atoms with Crippen molar-refractivity contribution in [1.82, 2.24) is 5.32 Å². The van der Waals surface area contributed by atoms with Gasteiger partial charge in [-0.2, -0.15) is 0 Å². The third-order valence-electron chi connectivity index (χ3n) is 5.62. The van der Waals surface area contributed by atoms with Gasteiger partial charge >= 0.3 is 51.4 Å². The zero-order valence-electron chi connectivity index (χ0n) is 15.3. The van der Waals surface area contributed by atoms with Crippen LogP contribution in [0.1, 0.15) is 47.9 Å². The van der Waals surface area contributed by atoms with Crippen molar-refractivity contribution in [3.63, 3.8) is 0 Å². The van der Waals surface area contributed by atoms with Crippen LogP contribution in [0.2, 0.25) is 0 Å². The Balaban J connectivity index is 0.00000196. The van der Waals surface area contributed by atoms with Gasteiger partial charge in [-0.25, -0.2) is 8.42 Å². The standard InChI is InChI=1S/C18H25N3O3S.K/c22-18(21-25(23,24)14-7-9-19-10-8-14)20-17-15-5-1-3-12(15)11-13-4-2-6-16(13)17;/h11,14,19H,1-10H2,(H2,20,21,22);/q;+1/p-1. The van der Waals surface area contributed by atoms with E-state index in [1.165, 1.54) is 22.3 Å². The molecule has 2 N–H and O–H groups in total. The van der Waals surface area contributed by atoms with Crippen LogP contribution in [0.3, 0.4) is 0 Å². The van der Waals surface area contributed by atoms with Crippen LogP contribution in [0, 0.1) is 0 Å². The van der Waals surface area contributed by atoms with Crippen molar-refractivity contribution in [3.8, 4) is 0 Å². The zero-order chi connectivity index (χ0) is 17.4. The topological polar surface area (TPSA) is 89.4 Å². The summed E-state index contributed by atoms with van der Waals surface area (Å²) in [6.07, 6.45) is 7.16. The van der Waals surface area contributed by atoms with Gasteiger partial charge < -0.3 is 15.4 Å². The molecule has 0 bridgehead atoms. The van der Waals surface area contributed by atoms with Gasteiger partial charge in [-0.05, 0) is 92.4 Å².